The lowest BCUT2D eigenvalue weighted by Crippen LogP contribution is -2.35. The molecule has 2 heterocycles. The van der Waals surface area contributed by atoms with Crippen LogP contribution in [0.3, 0.4) is 0 Å². The van der Waals surface area contributed by atoms with E-state index in [1.54, 1.807) is 36.4 Å². The van der Waals surface area contributed by atoms with Crippen LogP contribution in [0.1, 0.15) is 16.1 Å². The number of hydrogen-bond acceptors (Lipinski definition) is 6. The average molecular weight is 431 g/mol. The summed E-state index contributed by atoms with van der Waals surface area (Å²) in [5, 5.41) is 14.1. The highest BCUT2D eigenvalue weighted by Crippen LogP contribution is 2.23. The number of furan rings is 1. The van der Waals surface area contributed by atoms with Gasteiger partial charge in [0, 0.05) is 16.7 Å². The Morgan fingerprint density at radius 2 is 1.90 bits per heavy atom. The van der Waals surface area contributed by atoms with Crippen molar-refractivity contribution in [2.24, 2.45) is 5.73 Å². The molecule has 2 aromatic heterocycles. The zero-order valence-electron chi connectivity index (χ0n) is 15.3. The van der Waals surface area contributed by atoms with E-state index in [1.807, 2.05) is 0 Å². The number of benzene rings is 1. The van der Waals surface area contributed by atoms with Crippen molar-refractivity contribution in [3.63, 3.8) is 0 Å². The number of nitrogens with one attached hydrogen (secondary N) is 1. The number of nitrogens with two attached hydrogens (primary N) is 1. The van der Waals surface area contributed by atoms with Crippen molar-refractivity contribution in [1.82, 2.24) is 9.88 Å². The molecule has 0 aliphatic rings. The van der Waals surface area contributed by atoms with Crippen LogP contribution in [0.2, 0.25) is 5.02 Å². The molecule has 0 radical (unpaired) electrons. The maximum absolute atomic E-state index is 12.2. The zero-order valence-corrected chi connectivity index (χ0v) is 16.1. The van der Waals surface area contributed by atoms with Gasteiger partial charge >= 0.3 is 0 Å². The van der Waals surface area contributed by atoms with Gasteiger partial charge in [-0.2, -0.15) is 0 Å². The number of hydrogen-bond donors (Lipinski definition) is 2. The number of aromatic nitrogens is 1. The van der Waals surface area contributed by atoms with Crippen LogP contribution in [0.5, 0.6) is 0 Å². The first-order valence-electron chi connectivity index (χ1n) is 8.54. The number of carbonyl (C=O) groups excluding carboxylic acids is 2. The van der Waals surface area contributed by atoms with Crippen molar-refractivity contribution in [2.45, 2.75) is 13.1 Å². The average Bonchev–Trinajstić information content (AvgIpc) is 3.17. The Bertz CT molecular complexity index is 1180. The molecule has 0 bridgehead atoms. The maximum atomic E-state index is 12.2. The van der Waals surface area contributed by atoms with E-state index in [4.69, 9.17) is 21.8 Å². The van der Waals surface area contributed by atoms with Crippen LogP contribution in [0.15, 0.2) is 57.9 Å². The van der Waals surface area contributed by atoms with Crippen molar-refractivity contribution in [3.05, 3.63) is 85.5 Å². The molecule has 0 saturated carbocycles. The van der Waals surface area contributed by atoms with Crippen LogP contribution >= 0.6 is 11.6 Å². The largest absolute Gasteiger partial charge is 0.459 e. The van der Waals surface area contributed by atoms with Gasteiger partial charge in [0.25, 0.3) is 17.2 Å². The first-order chi connectivity index (χ1) is 14.2. The van der Waals surface area contributed by atoms with E-state index in [0.717, 1.165) is 22.4 Å². The highest BCUT2D eigenvalue weighted by atomic mass is 35.5. The summed E-state index contributed by atoms with van der Waals surface area (Å²) in [6, 6.07) is 11.2. The van der Waals surface area contributed by atoms with Crippen molar-refractivity contribution in [2.75, 3.05) is 0 Å². The first-order valence-corrected chi connectivity index (χ1v) is 8.92. The number of nitro groups is 1. The van der Waals surface area contributed by atoms with E-state index in [1.165, 1.54) is 0 Å². The van der Waals surface area contributed by atoms with E-state index in [0.29, 0.717) is 16.5 Å². The molecule has 3 rings (SSSR count). The number of amides is 2. The van der Waals surface area contributed by atoms with Crippen LogP contribution < -0.4 is 16.6 Å². The van der Waals surface area contributed by atoms with Gasteiger partial charge in [-0.1, -0.05) is 11.6 Å². The van der Waals surface area contributed by atoms with E-state index < -0.39 is 40.1 Å². The van der Waals surface area contributed by atoms with Gasteiger partial charge in [0.15, 0.2) is 0 Å². The molecule has 0 saturated heterocycles. The fraction of sp³-hybridized carbons (Fsp3) is 0.105. The standard InChI is InChI=1S/C19H15ClN4O6/c20-12-3-1-11(2-4-12)16-6-5-14(30-16)8-22-17(25)10-23-9-13(24(28)29)7-15(18(21)26)19(23)27/h1-7,9H,8,10H2,(H2,21,26)(H,22,25). The molecule has 0 aliphatic carbocycles. The monoisotopic (exact) mass is 430 g/mol. The number of halogens is 1. The van der Waals surface area contributed by atoms with Crippen LogP contribution in [0, 0.1) is 10.1 Å². The topological polar surface area (TPSA) is 150 Å². The smallest absolute Gasteiger partial charge is 0.286 e. The molecule has 2 amide bonds. The lowest BCUT2D eigenvalue weighted by atomic mass is 10.2. The molecule has 3 aromatic rings. The van der Waals surface area contributed by atoms with Gasteiger partial charge in [-0.3, -0.25) is 29.1 Å². The Morgan fingerprint density at radius 3 is 2.53 bits per heavy atom. The molecule has 0 fully saturated rings. The van der Waals surface area contributed by atoms with E-state index in [-0.39, 0.29) is 6.54 Å². The van der Waals surface area contributed by atoms with Gasteiger partial charge in [-0.05, 0) is 36.4 Å². The molecule has 10 nitrogen and oxygen atoms in total. The lowest BCUT2D eigenvalue weighted by molar-refractivity contribution is -0.385. The first kappa shape index (κ1) is 20.8. The van der Waals surface area contributed by atoms with Crippen LogP contribution in [0.4, 0.5) is 5.69 Å². The van der Waals surface area contributed by atoms with Crippen molar-refractivity contribution >= 4 is 29.1 Å². The quantitative estimate of drug-likeness (QED) is 0.432. The summed E-state index contributed by atoms with van der Waals surface area (Å²) in [6.07, 6.45) is 0.875. The summed E-state index contributed by atoms with van der Waals surface area (Å²) in [7, 11) is 0. The summed E-state index contributed by atoms with van der Waals surface area (Å²) >= 11 is 5.86. The minimum atomic E-state index is -1.12. The maximum Gasteiger partial charge on any atom is 0.286 e. The molecule has 154 valence electrons. The van der Waals surface area contributed by atoms with Crippen molar-refractivity contribution in [3.8, 4) is 11.3 Å². The fourth-order valence-electron chi connectivity index (χ4n) is 2.65. The highest BCUT2D eigenvalue weighted by Gasteiger charge is 2.18. The van der Waals surface area contributed by atoms with Gasteiger partial charge in [0.1, 0.15) is 23.6 Å². The number of primary amides is 1. The normalized spacial score (nSPS) is 10.6. The van der Waals surface area contributed by atoms with Crippen LogP contribution in [0.25, 0.3) is 11.3 Å². The summed E-state index contributed by atoms with van der Waals surface area (Å²) in [5.41, 5.74) is 3.88. The molecule has 0 spiro atoms. The molecule has 3 N–H and O–H groups in total. The third kappa shape index (κ3) is 4.73. The van der Waals surface area contributed by atoms with Gasteiger partial charge in [0.05, 0.1) is 17.7 Å². The van der Waals surface area contributed by atoms with Gasteiger partial charge in [-0.25, -0.2) is 0 Å². The predicted molar refractivity (Wildman–Crippen MR) is 107 cm³/mol. The zero-order chi connectivity index (χ0) is 21.8. The molecule has 0 unspecified atom stereocenters. The minimum Gasteiger partial charge on any atom is -0.459 e. The number of pyridine rings is 1. The van der Waals surface area contributed by atoms with Crippen molar-refractivity contribution < 1.29 is 18.9 Å². The summed E-state index contributed by atoms with van der Waals surface area (Å²) in [6.45, 7) is -0.510. The Labute approximate surface area is 174 Å². The summed E-state index contributed by atoms with van der Waals surface area (Å²) < 4.78 is 6.42. The Balaban J connectivity index is 1.69. The molecule has 11 heteroatoms. The predicted octanol–water partition coefficient (Wildman–Crippen LogP) is 2.09. The van der Waals surface area contributed by atoms with E-state index in [9.17, 15) is 24.5 Å². The summed E-state index contributed by atoms with van der Waals surface area (Å²) in [5.74, 6) is -0.699. The SMILES string of the molecule is NC(=O)c1cc([N+](=O)[O-])cn(CC(=O)NCc2ccc(-c3ccc(Cl)cc3)o2)c1=O. The summed E-state index contributed by atoms with van der Waals surface area (Å²) in [4.78, 5) is 46.0. The third-order valence-corrected chi connectivity index (χ3v) is 4.36. The molecular formula is C19H15ClN4O6. The Hall–Kier alpha value is -3.92. The third-order valence-electron chi connectivity index (χ3n) is 4.11. The van der Waals surface area contributed by atoms with Crippen LogP contribution in [-0.4, -0.2) is 21.3 Å². The second-order valence-electron chi connectivity index (χ2n) is 6.22. The number of rotatable bonds is 7. The van der Waals surface area contributed by atoms with E-state index in [2.05, 4.69) is 5.32 Å². The molecule has 0 aliphatic heterocycles. The fourth-order valence-corrected chi connectivity index (χ4v) is 2.78. The molecule has 1 aromatic carbocycles. The van der Waals surface area contributed by atoms with Crippen molar-refractivity contribution in [1.29, 1.82) is 0 Å². The number of carbonyl (C=O) groups is 2. The Morgan fingerprint density at radius 1 is 1.20 bits per heavy atom. The van der Waals surface area contributed by atoms with Gasteiger partial charge in [-0.15, -0.1) is 0 Å². The van der Waals surface area contributed by atoms with Gasteiger partial charge in [0.2, 0.25) is 5.91 Å². The molecule has 0 atom stereocenters. The highest BCUT2D eigenvalue weighted by molar-refractivity contribution is 6.30. The van der Waals surface area contributed by atoms with Gasteiger partial charge < -0.3 is 15.5 Å². The second kappa shape index (κ2) is 8.62. The van der Waals surface area contributed by atoms with E-state index >= 15 is 0 Å². The van der Waals surface area contributed by atoms with Crippen LogP contribution in [-0.2, 0) is 17.9 Å². The molecule has 30 heavy (non-hydrogen) atoms. The lowest BCUT2D eigenvalue weighted by Gasteiger charge is -2.08. The minimum absolute atomic E-state index is 0.0266. The Kier molecular flexibility index (Phi) is 5.98. The second-order valence-corrected chi connectivity index (χ2v) is 6.65. The number of nitrogens with zero attached hydrogens (tertiary/aromatic N) is 2. The molecular weight excluding hydrogens is 416 g/mol.